The van der Waals surface area contributed by atoms with Gasteiger partial charge in [-0.25, -0.2) is 18.5 Å². The zero-order chi connectivity index (χ0) is 26.6. The molecule has 2 aromatic heterocycles. The molecule has 0 saturated carbocycles. The van der Waals surface area contributed by atoms with Crippen molar-refractivity contribution in [3.05, 3.63) is 84.5 Å². The van der Waals surface area contributed by atoms with Gasteiger partial charge in [-0.05, 0) is 36.3 Å². The topological polar surface area (TPSA) is 138 Å². The Labute approximate surface area is 220 Å². The van der Waals surface area contributed by atoms with E-state index in [9.17, 15) is 13.5 Å². The van der Waals surface area contributed by atoms with E-state index in [1.807, 2.05) is 30.3 Å². The average Bonchev–Trinajstić information content (AvgIpc) is 3.36. The molecule has 0 radical (unpaired) electrons. The van der Waals surface area contributed by atoms with E-state index in [-0.39, 0.29) is 17.4 Å². The number of aromatic nitrogens is 2. The fourth-order valence-corrected chi connectivity index (χ4v) is 4.65. The van der Waals surface area contributed by atoms with E-state index < -0.39 is 15.6 Å². The lowest BCUT2D eigenvalue weighted by Crippen LogP contribution is -2.33. The molecule has 0 aliphatic carbocycles. The summed E-state index contributed by atoms with van der Waals surface area (Å²) in [5, 5.41) is 16.1. The zero-order valence-electron chi connectivity index (χ0n) is 20.3. The molecule has 3 heterocycles. The third-order valence-electron chi connectivity index (χ3n) is 6.20. The number of hydrogen-bond acceptors (Lipinski definition) is 8. The number of hydrogen-bond donors (Lipinski definition) is 2. The Balaban J connectivity index is 1.36. The Hall–Kier alpha value is -4.01. The van der Waals surface area contributed by atoms with Crippen molar-refractivity contribution >= 4 is 10.0 Å². The Morgan fingerprint density at radius 2 is 1.76 bits per heavy atom. The van der Waals surface area contributed by atoms with Crippen LogP contribution < -0.4 is 9.88 Å². The van der Waals surface area contributed by atoms with Gasteiger partial charge in [-0.15, -0.1) is 0 Å². The highest BCUT2D eigenvalue weighted by molar-refractivity contribution is 7.89. The Morgan fingerprint density at radius 3 is 2.47 bits per heavy atom. The molecule has 1 aliphatic heterocycles. The molecule has 10 heteroatoms. The summed E-state index contributed by atoms with van der Waals surface area (Å²) in [4.78, 5) is 8.76. The summed E-state index contributed by atoms with van der Waals surface area (Å²) in [6.45, 7) is 1.03. The predicted molar refractivity (Wildman–Crippen MR) is 139 cm³/mol. The molecule has 0 unspecified atom stereocenters. The van der Waals surface area contributed by atoms with Crippen LogP contribution in [0.5, 0.6) is 5.75 Å². The molecule has 0 amide bonds. The molecule has 9 nitrogen and oxygen atoms in total. The fraction of sp³-hybridized carbons (Fsp3) is 0.214. The van der Waals surface area contributed by atoms with E-state index in [2.05, 4.69) is 21.8 Å². The van der Waals surface area contributed by atoms with Crippen LogP contribution in [0.4, 0.5) is 0 Å². The summed E-state index contributed by atoms with van der Waals surface area (Å²) >= 11 is 0. The monoisotopic (exact) mass is 531 g/mol. The van der Waals surface area contributed by atoms with E-state index >= 15 is 0 Å². The van der Waals surface area contributed by atoms with Crippen LogP contribution in [-0.2, 0) is 20.4 Å². The van der Waals surface area contributed by atoms with Crippen molar-refractivity contribution in [3.8, 4) is 40.2 Å². The third-order valence-corrected chi connectivity index (χ3v) is 7.13. The van der Waals surface area contributed by atoms with Crippen LogP contribution in [0.1, 0.15) is 24.3 Å². The number of rotatable bonds is 6. The molecule has 0 atom stereocenters. The van der Waals surface area contributed by atoms with Crippen LogP contribution in [0.15, 0.2) is 82.4 Å². The number of pyridine rings is 1. The second-order valence-corrected chi connectivity index (χ2v) is 10.3. The molecule has 1 saturated heterocycles. The Morgan fingerprint density at radius 1 is 1.03 bits per heavy atom. The second kappa shape index (κ2) is 10.8. The number of nitrogens with zero attached hydrogens (tertiary/aromatic N) is 2. The van der Waals surface area contributed by atoms with Crippen molar-refractivity contribution in [2.45, 2.75) is 23.3 Å². The van der Waals surface area contributed by atoms with Gasteiger partial charge in [0.25, 0.3) is 5.89 Å². The summed E-state index contributed by atoms with van der Waals surface area (Å²) in [6.07, 6.45) is 4.20. The molecular formula is C28H25N3O6S. The first kappa shape index (κ1) is 25.6. The molecule has 2 aromatic carbocycles. The number of primary sulfonamides is 1. The molecule has 3 N–H and O–H groups in total. The number of oxazole rings is 1. The molecule has 1 aliphatic rings. The minimum atomic E-state index is -3.82. The van der Waals surface area contributed by atoms with Crippen molar-refractivity contribution in [3.63, 3.8) is 0 Å². The normalized spacial score (nSPS) is 14.9. The van der Waals surface area contributed by atoms with Crippen LogP contribution in [0.25, 0.3) is 22.6 Å². The minimum Gasteiger partial charge on any atom is -0.479 e. The van der Waals surface area contributed by atoms with Crippen molar-refractivity contribution < 1.29 is 27.4 Å². The summed E-state index contributed by atoms with van der Waals surface area (Å²) in [5.74, 6) is 6.90. The first-order valence-corrected chi connectivity index (χ1v) is 13.4. The fourth-order valence-electron chi connectivity index (χ4n) is 4.14. The lowest BCUT2D eigenvalue weighted by atomic mass is 9.87. The molecule has 0 bridgehead atoms. The summed E-state index contributed by atoms with van der Waals surface area (Å²) in [7, 11) is -3.82. The quantitative estimate of drug-likeness (QED) is 0.361. The second-order valence-electron chi connectivity index (χ2n) is 8.78. The van der Waals surface area contributed by atoms with Gasteiger partial charge in [0.2, 0.25) is 10.0 Å². The van der Waals surface area contributed by atoms with E-state index in [1.54, 1.807) is 30.6 Å². The van der Waals surface area contributed by atoms with Gasteiger partial charge >= 0.3 is 0 Å². The largest absolute Gasteiger partial charge is 0.479 e. The van der Waals surface area contributed by atoms with Crippen molar-refractivity contribution in [2.24, 2.45) is 5.14 Å². The van der Waals surface area contributed by atoms with Crippen LogP contribution in [-0.4, -0.2) is 43.3 Å². The van der Waals surface area contributed by atoms with Crippen molar-refractivity contribution in [1.82, 2.24) is 9.97 Å². The summed E-state index contributed by atoms with van der Waals surface area (Å²) in [6, 6.07) is 17.3. The Kier molecular flexibility index (Phi) is 7.26. The van der Waals surface area contributed by atoms with Gasteiger partial charge in [0, 0.05) is 48.9 Å². The third kappa shape index (κ3) is 5.77. The van der Waals surface area contributed by atoms with Gasteiger partial charge in [0.05, 0.1) is 16.7 Å². The van der Waals surface area contributed by atoms with Crippen LogP contribution >= 0.6 is 0 Å². The highest BCUT2D eigenvalue weighted by atomic mass is 32.2. The number of nitrogens with two attached hydrogens (primary N) is 1. The molecule has 38 heavy (non-hydrogen) atoms. The van der Waals surface area contributed by atoms with Gasteiger partial charge in [-0.3, -0.25) is 4.98 Å². The molecule has 194 valence electrons. The van der Waals surface area contributed by atoms with E-state index in [0.717, 1.165) is 5.56 Å². The first-order chi connectivity index (χ1) is 18.3. The molecule has 5 rings (SSSR count). The average molecular weight is 532 g/mol. The molecule has 1 fully saturated rings. The lowest BCUT2D eigenvalue weighted by molar-refractivity contribution is -0.0682. The van der Waals surface area contributed by atoms with Gasteiger partial charge in [-0.2, -0.15) is 0 Å². The van der Waals surface area contributed by atoms with Crippen molar-refractivity contribution in [1.29, 1.82) is 0 Å². The number of benzene rings is 2. The van der Waals surface area contributed by atoms with Gasteiger partial charge in [-0.1, -0.05) is 36.3 Å². The smallest absolute Gasteiger partial charge is 0.274 e. The maximum atomic E-state index is 11.6. The summed E-state index contributed by atoms with van der Waals surface area (Å²) < 4.78 is 40.3. The Bertz CT molecular complexity index is 1580. The van der Waals surface area contributed by atoms with Crippen LogP contribution in [0.2, 0.25) is 0 Å². The lowest BCUT2D eigenvalue weighted by Gasteiger charge is -2.32. The first-order valence-electron chi connectivity index (χ1n) is 11.9. The van der Waals surface area contributed by atoms with E-state index in [1.165, 1.54) is 12.1 Å². The molecule has 4 aromatic rings. The highest BCUT2D eigenvalue weighted by Crippen LogP contribution is 2.34. The zero-order valence-corrected chi connectivity index (χ0v) is 21.1. The van der Waals surface area contributed by atoms with Crippen LogP contribution in [0.3, 0.4) is 0 Å². The van der Waals surface area contributed by atoms with Crippen molar-refractivity contribution in [2.75, 3.05) is 19.8 Å². The predicted octanol–water partition coefficient (Wildman–Crippen LogP) is 3.48. The summed E-state index contributed by atoms with van der Waals surface area (Å²) in [5.41, 5.74) is 1.72. The standard InChI is InChI=1S/C28H25N3O6S/c29-38(33,34)24-10-8-21(9-11-24)27-26(20-5-2-1-3-6-20)31-25(37-27)7-4-14-36-23-17-22(18-30-19-23)28(32)12-15-35-16-13-28/h1-3,5-6,8-11,17-19,32H,12-16H2,(H2,29,33,34). The van der Waals surface area contributed by atoms with Gasteiger partial charge in [0.1, 0.15) is 18.1 Å². The minimum absolute atomic E-state index is 0.00156. The van der Waals surface area contributed by atoms with Crippen LogP contribution in [0, 0.1) is 11.8 Å². The van der Waals surface area contributed by atoms with E-state index in [0.29, 0.717) is 54.4 Å². The number of sulfonamides is 1. The number of ether oxygens (including phenoxy) is 2. The SMILES string of the molecule is NS(=O)(=O)c1ccc(-c2oc(C#CCOc3cncc(C4(O)CCOCC4)c3)nc2-c2ccccc2)cc1. The van der Waals surface area contributed by atoms with Gasteiger partial charge in [0.15, 0.2) is 5.76 Å². The molecular weight excluding hydrogens is 506 g/mol. The highest BCUT2D eigenvalue weighted by Gasteiger charge is 2.32. The molecule has 0 spiro atoms. The number of aliphatic hydroxyl groups is 1. The maximum absolute atomic E-state index is 11.6. The maximum Gasteiger partial charge on any atom is 0.274 e. The van der Waals surface area contributed by atoms with Gasteiger partial charge < -0.3 is 19.0 Å². The van der Waals surface area contributed by atoms with E-state index in [4.69, 9.17) is 19.0 Å².